The fourth-order valence-corrected chi connectivity index (χ4v) is 4.36. The number of aliphatic hydroxyl groups excluding tert-OH is 1. The summed E-state index contributed by atoms with van der Waals surface area (Å²) in [7, 11) is 0. The summed E-state index contributed by atoms with van der Waals surface area (Å²) in [5, 5.41) is 22.3. The first-order valence-electron chi connectivity index (χ1n) is 9.61. The Hall–Kier alpha value is -3.00. The molecule has 1 N–H and O–H groups in total. The van der Waals surface area contributed by atoms with E-state index >= 15 is 0 Å². The molecule has 144 valence electrons. The van der Waals surface area contributed by atoms with E-state index in [1.807, 2.05) is 47.4 Å². The molecule has 2 aliphatic rings. The third kappa shape index (κ3) is 2.72. The Kier molecular flexibility index (Phi) is 4.01. The van der Waals surface area contributed by atoms with Gasteiger partial charge in [0.2, 0.25) is 5.91 Å². The molecule has 0 bridgehead atoms. The largest absolute Gasteiger partial charge is 0.393 e. The zero-order valence-corrected chi connectivity index (χ0v) is 15.5. The second-order valence-electron chi connectivity index (χ2n) is 7.61. The molecular formula is C20H22N6O2. The summed E-state index contributed by atoms with van der Waals surface area (Å²) in [5.74, 6) is 0.988. The average Bonchev–Trinajstić information content (AvgIpc) is 3.19. The first-order valence-corrected chi connectivity index (χ1v) is 9.61. The predicted molar refractivity (Wildman–Crippen MR) is 103 cm³/mol. The van der Waals surface area contributed by atoms with E-state index in [0.29, 0.717) is 31.6 Å². The van der Waals surface area contributed by atoms with Crippen LogP contribution in [0.1, 0.15) is 18.4 Å². The van der Waals surface area contributed by atoms with Crippen LogP contribution in [0, 0.1) is 0 Å². The molecule has 8 heteroatoms. The second-order valence-corrected chi connectivity index (χ2v) is 7.61. The van der Waals surface area contributed by atoms with Crippen molar-refractivity contribution in [3.05, 3.63) is 54.4 Å². The highest BCUT2D eigenvalue weighted by Crippen LogP contribution is 2.45. The molecule has 8 nitrogen and oxygen atoms in total. The number of nitrogens with zero attached hydrogens (tertiary/aromatic N) is 6. The van der Waals surface area contributed by atoms with Gasteiger partial charge in [0.15, 0.2) is 5.65 Å². The number of aliphatic hydroxyl groups is 1. The van der Waals surface area contributed by atoms with Crippen LogP contribution < -0.4 is 4.90 Å². The Labute approximate surface area is 162 Å². The Morgan fingerprint density at radius 3 is 2.50 bits per heavy atom. The quantitative estimate of drug-likeness (QED) is 0.728. The van der Waals surface area contributed by atoms with Crippen molar-refractivity contribution in [2.24, 2.45) is 0 Å². The minimum Gasteiger partial charge on any atom is -0.393 e. The van der Waals surface area contributed by atoms with Crippen LogP contribution in [0.15, 0.2) is 48.8 Å². The van der Waals surface area contributed by atoms with Crippen LogP contribution in [0.2, 0.25) is 0 Å². The number of hydrogen-bond donors (Lipinski definition) is 1. The lowest BCUT2D eigenvalue weighted by molar-refractivity contribution is -0.146. The first-order chi connectivity index (χ1) is 13.7. The molecule has 0 spiro atoms. The highest BCUT2D eigenvalue weighted by atomic mass is 16.3. The van der Waals surface area contributed by atoms with E-state index < -0.39 is 11.5 Å². The summed E-state index contributed by atoms with van der Waals surface area (Å²) >= 11 is 0. The zero-order chi connectivity index (χ0) is 19.1. The molecule has 1 saturated heterocycles. The van der Waals surface area contributed by atoms with Crippen LogP contribution in [0.3, 0.4) is 0 Å². The van der Waals surface area contributed by atoms with Crippen molar-refractivity contribution in [3.8, 4) is 0 Å². The molecule has 1 saturated carbocycles. The van der Waals surface area contributed by atoms with Crippen molar-refractivity contribution < 1.29 is 9.90 Å². The lowest BCUT2D eigenvalue weighted by Crippen LogP contribution is -2.60. The van der Waals surface area contributed by atoms with Crippen LogP contribution in [-0.2, 0) is 10.2 Å². The van der Waals surface area contributed by atoms with Gasteiger partial charge >= 0.3 is 0 Å². The number of piperazine rings is 1. The Bertz CT molecular complexity index is 990. The molecule has 0 unspecified atom stereocenters. The van der Waals surface area contributed by atoms with E-state index in [9.17, 15) is 9.90 Å². The normalized spacial score (nSPS) is 25.0. The van der Waals surface area contributed by atoms with E-state index in [1.165, 1.54) is 0 Å². The number of carbonyl (C=O) groups excluding carboxylic acids is 1. The molecule has 1 aliphatic heterocycles. The SMILES string of the molecule is O=C(N1CCN(c2ccc3nncn3n2)CC1)C1(c2ccccc2)CC(O)C1. The third-order valence-electron chi connectivity index (χ3n) is 5.94. The summed E-state index contributed by atoms with van der Waals surface area (Å²) in [6, 6.07) is 13.7. The van der Waals surface area contributed by atoms with Crippen LogP contribution in [-0.4, -0.2) is 68.0 Å². The summed E-state index contributed by atoms with van der Waals surface area (Å²) in [6.45, 7) is 2.73. The van der Waals surface area contributed by atoms with Crippen molar-refractivity contribution in [1.82, 2.24) is 24.7 Å². The Morgan fingerprint density at radius 2 is 1.79 bits per heavy atom. The van der Waals surface area contributed by atoms with E-state index in [-0.39, 0.29) is 5.91 Å². The van der Waals surface area contributed by atoms with Gasteiger partial charge in [0, 0.05) is 26.2 Å². The Balaban J connectivity index is 1.31. The molecule has 28 heavy (non-hydrogen) atoms. The van der Waals surface area contributed by atoms with Crippen molar-refractivity contribution in [1.29, 1.82) is 0 Å². The maximum Gasteiger partial charge on any atom is 0.233 e. The lowest BCUT2D eigenvalue weighted by Gasteiger charge is -2.48. The van der Waals surface area contributed by atoms with E-state index in [2.05, 4.69) is 20.2 Å². The molecule has 3 aromatic rings. The zero-order valence-electron chi connectivity index (χ0n) is 15.5. The summed E-state index contributed by atoms with van der Waals surface area (Å²) in [5.41, 5.74) is 1.14. The van der Waals surface area contributed by atoms with Crippen LogP contribution >= 0.6 is 0 Å². The Morgan fingerprint density at radius 1 is 1.04 bits per heavy atom. The topological polar surface area (TPSA) is 86.9 Å². The summed E-state index contributed by atoms with van der Waals surface area (Å²) in [6.07, 6.45) is 2.19. The van der Waals surface area contributed by atoms with Gasteiger partial charge in [0.1, 0.15) is 12.1 Å². The summed E-state index contributed by atoms with van der Waals surface area (Å²) < 4.78 is 1.66. The monoisotopic (exact) mass is 378 g/mol. The highest BCUT2D eigenvalue weighted by molar-refractivity contribution is 5.90. The number of amides is 1. The molecule has 2 aromatic heterocycles. The standard InChI is InChI=1S/C20H22N6O2/c27-16-12-20(13-16,15-4-2-1-3-5-15)19(28)25-10-8-24(9-11-25)18-7-6-17-22-21-14-26(17)23-18/h1-7,14,16,27H,8-13H2. The van der Waals surface area contributed by atoms with E-state index in [0.717, 1.165) is 24.5 Å². The van der Waals surface area contributed by atoms with Crippen LogP contribution in [0.5, 0.6) is 0 Å². The van der Waals surface area contributed by atoms with Crippen molar-refractivity contribution in [3.63, 3.8) is 0 Å². The number of anilines is 1. The minimum atomic E-state index is -0.581. The minimum absolute atomic E-state index is 0.130. The maximum absolute atomic E-state index is 13.4. The van der Waals surface area contributed by atoms with Crippen molar-refractivity contribution in [2.45, 2.75) is 24.4 Å². The first kappa shape index (κ1) is 17.1. The van der Waals surface area contributed by atoms with Crippen molar-refractivity contribution in [2.75, 3.05) is 31.1 Å². The van der Waals surface area contributed by atoms with Crippen LogP contribution in [0.4, 0.5) is 5.82 Å². The molecular weight excluding hydrogens is 356 g/mol. The van der Waals surface area contributed by atoms with Gasteiger partial charge in [-0.25, -0.2) is 0 Å². The number of aromatic nitrogens is 4. The van der Waals surface area contributed by atoms with Gasteiger partial charge in [0.05, 0.1) is 11.5 Å². The third-order valence-corrected chi connectivity index (χ3v) is 5.94. The summed E-state index contributed by atoms with van der Waals surface area (Å²) in [4.78, 5) is 17.5. The molecule has 2 fully saturated rings. The second kappa shape index (κ2) is 6.56. The smallest absolute Gasteiger partial charge is 0.233 e. The van der Waals surface area contributed by atoms with Gasteiger partial charge < -0.3 is 14.9 Å². The van der Waals surface area contributed by atoms with E-state index in [4.69, 9.17) is 0 Å². The number of rotatable bonds is 3. The van der Waals surface area contributed by atoms with Gasteiger partial charge in [0.25, 0.3) is 0 Å². The molecule has 5 rings (SSSR count). The van der Waals surface area contributed by atoms with Gasteiger partial charge in [-0.15, -0.1) is 15.3 Å². The number of fused-ring (bicyclic) bond motifs is 1. The molecule has 1 aromatic carbocycles. The fraction of sp³-hybridized carbons (Fsp3) is 0.400. The molecule has 0 atom stereocenters. The highest BCUT2D eigenvalue weighted by Gasteiger charge is 2.52. The lowest BCUT2D eigenvalue weighted by atomic mass is 9.61. The molecule has 1 aliphatic carbocycles. The predicted octanol–water partition coefficient (Wildman–Crippen LogP) is 0.866. The number of hydrogen-bond acceptors (Lipinski definition) is 6. The number of benzene rings is 1. The average molecular weight is 378 g/mol. The van der Waals surface area contributed by atoms with Crippen molar-refractivity contribution >= 4 is 17.4 Å². The van der Waals surface area contributed by atoms with Crippen LogP contribution in [0.25, 0.3) is 5.65 Å². The molecule has 0 radical (unpaired) electrons. The van der Waals surface area contributed by atoms with Gasteiger partial charge in [-0.05, 0) is 30.5 Å². The number of carbonyl (C=O) groups is 1. The fourth-order valence-electron chi connectivity index (χ4n) is 4.36. The molecule has 3 heterocycles. The van der Waals surface area contributed by atoms with E-state index in [1.54, 1.807) is 10.8 Å². The van der Waals surface area contributed by atoms with Gasteiger partial charge in [-0.3, -0.25) is 4.79 Å². The molecule has 1 amide bonds. The van der Waals surface area contributed by atoms with Gasteiger partial charge in [-0.2, -0.15) is 4.52 Å². The van der Waals surface area contributed by atoms with Gasteiger partial charge in [-0.1, -0.05) is 30.3 Å². The maximum atomic E-state index is 13.4.